The lowest BCUT2D eigenvalue weighted by Gasteiger charge is -2.19. The number of hydrogen-bond acceptors (Lipinski definition) is 1. The third-order valence-corrected chi connectivity index (χ3v) is 3.57. The molecule has 1 N–H and O–H groups in total. The summed E-state index contributed by atoms with van der Waals surface area (Å²) in [6, 6.07) is 10.5. The van der Waals surface area contributed by atoms with E-state index in [4.69, 9.17) is 0 Å². The second-order valence-corrected chi connectivity index (χ2v) is 5.64. The number of benzene rings is 2. The highest BCUT2D eigenvalue weighted by Gasteiger charge is 2.16. The van der Waals surface area contributed by atoms with Crippen LogP contribution in [0.25, 0.3) is 0 Å². The van der Waals surface area contributed by atoms with Gasteiger partial charge in [-0.25, -0.2) is 0 Å². The van der Waals surface area contributed by atoms with Crippen LogP contribution in [0.1, 0.15) is 45.0 Å². The van der Waals surface area contributed by atoms with E-state index in [1.165, 1.54) is 16.7 Å². The van der Waals surface area contributed by atoms with Crippen LogP contribution in [0.15, 0.2) is 30.3 Å². The van der Waals surface area contributed by atoms with Gasteiger partial charge in [0.1, 0.15) is 6.10 Å². The van der Waals surface area contributed by atoms with Crippen LogP contribution in [0.3, 0.4) is 0 Å². The Kier molecular flexibility index (Phi) is 3.77. The summed E-state index contributed by atoms with van der Waals surface area (Å²) in [5, 5.41) is 10.7. The van der Waals surface area contributed by atoms with Crippen molar-refractivity contribution in [3.63, 3.8) is 0 Å². The highest BCUT2D eigenvalue weighted by atomic mass is 16.3. The Balaban J connectivity index is 2.52. The molecule has 0 aliphatic rings. The van der Waals surface area contributed by atoms with Crippen LogP contribution in [0.2, 0.25) is 0 Å². The zero-order valence-corrected chi connectivity index (χ0v) is 12.4. The van der Waals surface area contributed by atoms with Gasteiger partial charge in [0.15, 0.2) is 0 Å². The first-order valence-corrected chi connectivity index (χ1v) is 6.72. The molecule has 0 radical (unpaired) electrons. The van der Waals surface area contributed by atoms with Crippen LogP contribution in [0.5, 0.6) is 0 Å². The molecule has 19 heavy (non-hydrogen) atoms. The third kappa shape index (κ3) is 2.87. The minimum atomic E-state index is -0.542. The summed E-state index contributed by atoms with van der Waals surface area (Å²) in [6.45, 7) is 10.4. The topological polar surface area (TPSA) is 20.2 Å². The Bertz CT molecular complexity index is 568. The molecule has 2 aromatic carbocycles. The van der Waals surface area contributed by atoms with Crippen LogP contribution >= 0.6 is 0 Å². The van der Waals surface area contributed by atoms with Crippen molar-refractivity contribution in [1.29, 1.82) is 0 Å². The summed E-state index contributed by atoms with van der Waals surface area (Å²) in [5.74, 6) is 0. The van der Waals surface area contributed by atoms with Gasteiger partial charge in [-0.15, -0.1) is 0 Å². The first-order chi connectivity index (χ1) is 8.88. The Morgan fingerprint density at radius 1 is 0.684 bits per heavy atom. The van der Waals surface area contributed by atoms with Gasteiger partial charge in [0.05, 0.1) is 0 Å². The molecule has 0 aliphatic carbocycles. The maximum atomic E-state index is 10.7. The van der Waals surface area contributed by atoms with Crippen molar-refractivity contribution < 1.29 is 5.11 Å². The molecule has 0 heterocycles. The fourth-order valence-electron chi connectivity index (χ4n) is 2.96. The van der Waals surface area contributed by atoms with Gasteiger partial charge in [-0.05, 0) is 56.9 Å². The van der Waals surface area contributed by atoms with Crippen LogP contribution in [-0.2, 0) is 0 Å². The molecule has 0 saturated carbocycles. The standard InChI is InChI=1S/C18H22O/c1-11-6-12(2)10-16(9-11)18(19)17-14(4)7-13(3)8-15(17)5/h6-10,18-19H,1-5H3/t18-/m0/s1. The van der Waals surface area contributed by atoms with E-state index in [-0.39, 0.29) is 0 Å². The van der Waals surface area contributed by atoms with Gasteiger partial charge in [-0.1, -0.05) is 47.0 Å². The third-order valence-electron chi connectivity index (χ3n) is 3.57. The Morgan fingerprint density at radius 2 is 1.11 bits per heavy atom. The Labute approximate surface area is 115 Å². The molecular formula is C18H22O. The highest BCUT2D eigenvalue weighted by Crippen LogP contribution is 2.29. The van der Waals surface area contributed by atoms with Gasteiger partial charge in [0.25, 0.3) is 0 Å². The van der Waals surface area contributed by atoms with Gasteiger partial charge in [0, 0.05) is 0 Å². The van der Waals surface area contributed by atoms with E-state index in [2.05, 4.69) is 65.0 Å². The fourth-order valence-corrected chi connectivity index (χ4v) is 2.96. The summed E-state index contributed by atoms with van der Waals surface area (Å²) in [7, 11) is 0. The van der Waals surface area contributed by atoms with Crippen molar-refractivity contribution in [1.82, 2.24) is 0 Å². The van der Waals surface area contributed by atoms with Crippen LogP contribution < -0.4 is 0 Å². The second-order valence-electron chi connectivity index (χ2n) is 5.64. The van der Waals surface area contributed by atoms with Crippen LogP contribution in [-0.4, -0.2) is 5.11 Å². The average Bonchev–Trinajstić information content (AvgIpc) is 2.25. The number of aryl methyl sites for hydroxylation is 5. The Hall–Kier alpha value is -1.60. The van der Waals surface area contributed by atoms with Crippen molar-refractivity contribution in [2.45, 2.75) is 40.7 Å². The highest BCUT2D eigenvalue weighted by molar-refractivity contribution is 5.44. The van der Waals surface area contributed by atoms with E-state index < -0.39 is 6.10 Å². The lowest BCUT2D eigenvalue weighted by atomic mass is 9.91. The van der Waals surface area contributed by atoms with Crippen molar-refractivity contribution in [2.24, 2.45) is 0 Å². The minimum Gasteiger partial charge on any atom is -0.384 e. The number of aliphatic hydroxyl groups is 1. The van der Waals surface area contributed by atoms with Gasteiger partial charge >= 0.3 is 0 Å². The summed E-state index contributed by atoms with van der Waals surface area (Å²) in [6.07, 6.45) is -0.542. The van der Waals surface area contributed by atoms with E-state index >= 15 is 0 Å². The molecule has 0 unspecified atom stereocenters. The zero-order valence-electron chi connectivity index (χ0n) is 12.4. The Morgan fingerprint density at radius 3 is 1.58 bits per heavy atom. The first-order valence-electron chi connectivity index (χ1n) is 6.72. The zero-order chi connectivity index (χ0) is 14.2. The molecule has 0 aromatic heterocycles. The van der Waals surface area contributed by atoms with E-state index in [1.54, 1.807) is 0 Å². The molecule has 100 valence electrons. The number of hydrogen-bond donors (Lipinski definition) is 1. The van der Waals surface area contributed by atoms with Crippen LogP contribution in [0, 0.1) is 34.6 Å². The van der Waals surface area contributed by atoms with Crippen molar-refractivity contribution in [2.75, 3.05) is 0 Å². The van der Waals surface area contributed by atoms with Crippen molar-refractivity contribution in [3.05, 3.63) is 69.3 Å². The predicted octanol–water partition coefficient (Wildman–Crippen LogP) is 4.31. The maximum absolute atomic E-state index is 10.7. The van der Waals surface area contributed by atoms with Gasteiger partial charge in [0.2, 0.25) is 0 Å². The molecule has 1 nitrogen and oxygen atoms in total. The molecule has 0 bridgehead atoms. The lowest BCUT2D eigenvalue weighted by Crippen LogP contribution is -2.05. The second kappa shape index (κ2) is 5.18. The van der Waals surface area contributed by atoms with E-state index in [0.29, 0.717) is 0 Å². The fraction of sp³-hybridized carbons (Fsp3) is 0.333. The molecule has 1 heteroatoms. The van der Waals surface area contributed by atoms with Gasteiger partial charge < -0.3 is 5.11 Å². The largest absolute Gasteiger partial charge is 0.384 e. The summed E-state index contributed by atoms with van der Waals surface area (Å²) in [5.41, 5.74) is 7.95. The van der Waals surface area contributed by atoms with Crippen molar-refractivity contribution >= 4 is 0 Å². The molecule has 0 spiro atoms. The summed E-state index contributed by atoms with van der Waals surface area (Å²) in [4.78, 5) is 0. The number of rotatable bonds is 2. The SMILES string of the molecule is Cc1cc(C)cc([C@H](O)c2c(C)cc(C)cc2C)c1. The number of aliphatic hydroxyl groups excluding tert-OH is 1. The van der Waals surface area contributed by atoms with Gasteiger partial charge in [-0.2, -0.15) is 0 Å². The predicted molar refractivity (Wildman–Crippen MR) is 80.6 cm³/mol. The summed E-state index contributed by atoms with van der Waals surface area (Å²) < 4.78 is 0. The van der Waals surface area contributed by atoms with Crippen molar-refractivity contribution in [3.8, 4) is 0 Å². The first kappa shape index (κ1) is 13.8. The molecule has 2 rings (SSSR count). The van der Waals surface area contributed by atoms with E-state index in [9.17, 15) is 5.11 Å². The molecule has 0 saturated heterocycles. The maximum Gasteiger partial charge on any atom is 0.105 e. The summed E-state index contributed by atoms with van der Waals surface area (Å²) >= 11 is 0. The molecule has 2 aromatic rings. The molecular weight excluding hydrogens is 232 g/mol. The van der Waals surface area contributed by atoms with E-state index in [0.717, 1.165) is 22.3 Å². The van der Waals surface area contributed by atoms with E-state index in [1.807, 2.05) is 0 Å². The smallest absolute Gasteiger partial charge is 0.105 e. The molecule has 0 amide bonds. The normalized spacial score (nSPS) is 12.5. The molecule has 0 aliphatic heterocycles. The quantitative estimate of drug-likeness (QED) is 0.846. The lowest BCUT2D eigenvalue weighted by molar-refractivity contribution is 0.218. The van der Waals surface area contributed by atoms with Crippen LogP contribution in [0.4, 0.5) is 0 Å². The molecule has 0 fully saturated rings. The average molecular weight is 254 g/mol. The van der Waals surface area contributed by atoms with Gasteiger partial charge in [-0.3, -0.25) is 0 Å². The minimum absolute atomic E-state index is 0.542. The molecule has 1 atom stereocenters. The monoisotopic (exact) mass is 254 g/mol.